The van der Waals surface area contributed by atoms with Crippen LogP contribution in [0.5, 0.6) is 5.75 Å². The first-order valence-corrected chi connectivity index (χ1v) is 7.73. The Morgan fingerprint density at radius 2 is 2.04 bits per heavy atom. The van der Waals surface area contributed by atoms with Crippen molar-refractivity contribution in [3.05, 3.63) is 41.4 Å². The van der Waals surface area contributed by atoms with Gasteiger partial charge in [-0.15, -0.1) is 0 Å². The SMILES string of the molecule is CC/C(=N\Nc1oc(C(C)C)nc1C#N)c1ccc(OC(F)F)cc1. The summed E-state index contributed by atoms with van der Waals surface area (Å²) in [4.78, 5) is 4.10. The van der Waals surface area contributed by atoms with E-state index in [0.29, 0.717) is 18.0 Å². The maximum atomic E-state index is 12.2. The van der Waals surface area contributed by atoms with Crippen molar-refractivity contribution in [1.29, 1.82) is 5.26 Å². The highest BCUT2D eigenvalue weighted by Gasteiger charge is 2.15. The number of hydrogen-bond donors (Lipinski definition) is 1. The summed E-state index contributed by atoms with van der Waals surface area (Å²) in [6, 6.07) is 8.10. The zero-order valence-corrected chi connectivity index (χ0v) is 14.1. The lowest BCUT2D eigenvalue weighted by atomic mass is 10.1. The summed E-state index contributed by atoms with van der Waals surface area (Å²) in [5.74, 6) is 0.737. The minimum Gasteiger partial charge on any atom is -0.435 e. The molecule has 8 heteroatoms. The summed E-state index contributed by atoms with van der Waals surface area (Å²) in [6.45, 7) is 2.84. The maximum absolute atomic E-state index is 12.2. The minimum atomic E-state index is -2.86. The van der Waals surface area contributed by atoms with Crippen molar-refractivity contribution >= 4 is 11.6 Å². The van der Waals surface area contributed by atoms with E-state index in [-0.39, 0.29) is 23.2 Å². The van der Waals surface area contributed by atoms with Crippen LogP contribution < -0.4 is 10.2 Å². The van der Waals surface area contributed by atoms with Gasteiger partial charge in [0.2, 0.25) is 11.6 Å². The maximum Gasteiger partial charge on any atom is 0.387 e. The first kappa shape index (κ1) is 18.4. The fraction of sp³-hybridized carbons (Fsp3) is 0.353. The lowest BCUT2D eigenvalue weighted by Gasteiger charge is -2.07. The molecule has 1 aromatic heterocycles. The van der Waals surface area contributed by atoms with Crippen LogP contribution in [0.1, 0.15) is 50.3 Å². The molecular formula is C17H18F2N4O2. The van der Waals surface area contributed by atoms with Crippen LogP contribution in [0, 0.1) is 11.3 Å². The van der Waals surface area contributed by atoms with Gasteiger partial charge in [0, 0.05) is 5.92 Å². The average Bonchev–Trinajstić information content (AvgIpc) is 3.00. The van der Waals surface area contributed by atoms with Crippen molar-refractivity contribution in [1.82, 2.24) is 4.98 Å². The standard InChI is InChI=1S/C17H18F2N4O2/c1-4-13(11-5-7-12(8-6-11)24-17(18)19)22-23-16-14(9-20)21-15(25-16)10(2)3/h5-8,10,17,23H,4H2,1-3H3/b22-13+. The van der Waals surface area contributed by atoms with Gasteiger partial charge in [0.25, 0.3) is 5.88 Å². The summed E-state index contributed by atoms with van der Waals surface area (Å²) in [7, 11) is 0. The molecule has 2 aromatic rings. The Morgan fingerprint density at radius 1 is 1.36 bits per heavy atom. The topological polar surface area (TPSA) is 83.4 Å². The number of aromatic nitrogens is 1. The molecule has 6 nitrogen and oxygen atoms in total. The molecule has 0 amide bonds. The summed E-state index contributed by atoms with van der Waals surface area (Å²) >= 11 is 0. The summed E-state index contributed by atoms with van der Waals surface area (Å²) in [5.41, 5.74) is 4.25. The third-order valence-corrected chi connectivity index (χ3v) is 3.28. The van der Waals surface area contributed by atoms with Gasteiger partial charge in [-0.1, -0.05) is 20.8 Å². The lowest BCUT2D eigenvalue weighted by Crippen LogP contribution is -2.05. The average molecular weight is 348 g/mol. The number of nitriles is 1. The predicted octanol–water partition coefficient (Wildman–Crippen LogP) is 4.50. The highest BCUT2D eigenvalue weighted by Crippen LogP contribution is 2.22. The van der Waals surface area contributed by atoms with Gasteiger partial charge in [0.15, 0.2) is 0 Å². The van der Waals surface area contributed by atoms with Gasteiger partial charge in [0.05, 0.1) is 5.71 Å². The van der Waals surface area contributed by atoms with Crippen LogP contribution in [-0.4, -0.2) is 17.3 Å². The molecule has 1 heterocycles. The van der Waals surface area contributed by atoms with Gasteiger partial charge in [-0.2, -0.15) is 19.1 Å². The van der Waals surface area contributed by atoms with E-state index in [1.165, 1.54) is 12.1 Å². The number of anilines is 1. The third kappa shape index (κ3) is 4.76. The third-order valence-electron chi connectivity index (χ3n) is 3.28. The van der Waals surface area contributed by atoms with Crippen molar-refractivity contribution in [3.8, 4) is 11.8 Å². The zero-order chi connectivity index (χ0) is 18.4. The highest BCUT2D eigenvalue weighted by atomic mass is 19.3. The molecule has 132 valence electrons. The van der Waals surface area contributed by atoms with E-state index in [9.17, 15) is 8.78 Å². The number of hydrogen-bond acceptors (Lipinski definition) is 6. The molecule has 0 unspecified atom stereocenters. The van der Waals surface area contributed by atoms with Crippen LogP contribution in [0.15, 0.2) is 33.8 Å². The number of ether oxygens (including phenoxy) is 1. The van der Waals surface area contributed by atoms with Crippen LogP contribution in [0.4, 0.5) is 14.7 Å². The van der Waals surface area contributed by atoms with E-state index in [2.05, 4.69) is 20.2 Å². The Labute approximate surface area is 144 Å². The highest BCUT2D eigenvalue weighted by molar-refractivity contribution is 6.00. The Kier molecular flexibility index (Phi) is 6.06. The number of alkyl halides is 2. The Bertz CT molecular complexity index is 777. The lowest BCUT2D eigenvalue weighted by molar-refractivity contribution is -0.0498. The van der Waals surface area contributed by atoms with E-state index >= 15 is 0 Å². The molecule has 0 radical (unpaired) electrons. The van der Waals surface area contributed by atoms with Crippen LogP contribution in [0.25, 0.3) is 0 Å². The number of benzene rings is 1. The second kappa shape index (κ2) is 8.24. The molecule has 1 aromatic carbocycles. The number of hydrazone groups is 1. The van der Waals surface area contributed by atoms with Gasteiger partial charge in [-0.3, -0.25) is 0 Å². The zero-order valence-electron chi connectivity index (χ0n) is 14.1. The number of oxazole rings is 1. The number of nitrogens with zero attached hydrogens (tertiary/aromatic N) is 3. The minimum absolute atomic E-state index is 0.0413. The molecule has 2 rings (SSSR count). The van der Waals surface area contributed by atoms with Gasteiger partial charge in [-0.05, 0) is 36.2 Å². The number of halogens is 2. The molecule has 0 fully saturated rings. The Balaban J connectivity index is 2.19. The number of rotatable bonds is 7. The largest absolute Gasteiger partial charge is 0.435 e. The molecule has 0 bridgehead atoms. The molecule has 0 atom stereocenters. The van der Waals surface area contributed by atoms with Crippen LogP contribution >= 0.6 is 0 Å². The fourth-order valence-electron chi connectivity index (χ4n) is 2.03. The second-order valence-corrected chi connectivity index (χ2v) is 5.42. The summed E-state index contributed by atoms with van der Waals surface area (Å²) in [5, 5.41) is 13.4. The molecule has 0 saturated heterocycles. The van der Waals surface area contributed by atoms with Crippen molar-refractivity contribution < 1.29 is 17.9 Å². The normalized spacial score (nSPS) is 11.7. The molecule has 1 N–H and O–H groups in total. The van der Waals surface area contributed by atoms with Gasteiger partial charge in [0.1, 0.15) is 11.8 Å². The van der Waals surface area contributed by atoms with E-state index in [1.54, 1.807) is 12.1 Å². The quantitative estimate of drug-likeness (QED) is 0.588. The van der Waals surface area contributed by atoms with Gasteiger partial charge in [-0.25, -0.2) is 10.4 Å². The fourth-order valence-corrected chi connectivity index (χ4v) is 2.03. The van der Waals surface area contributed by atoms with Crippen LogP contribution in [-0.2, 0) is 0 Å². The second-order valence-electron chi connectivity index (χ2n) is 5.42. The van der Waals surface area contributed by atoms with E-state index < -0.39 is 6.61 Å². The van der Waals surface area contributed by atoms with Gasteiger partial charge >= 0.3 is 6.61 Å². The Hall–Kier alpha value is -2.95. The molecular weight excluding hydrogens is 330 g/mol. The van der Waals surface area contributed by atoms with Crippen LogP contribution in [0.2, 0.25) is 0 Å². The predicted molar refractivity (Wildman–Crippen MR) is 88.8 cm³/mol. The Morgan fingerprint density at radius 3 is 2.56 bits per heavy atom. The van der Waals surface area contributed by atoms with Crippen molar-refractivity contribution in [2.45, 2.75) is 39.7 Å². The van der Waals surface area contributed by atoms with Crippen LogP contribution in [0.3, 0.4) is 0 Å². The monoisotopic (exact) mass is 348 g/mol. The molecule has 0 spiro atoms. The van der Waals surface area contributed by atoms with E-state index in [1.807, 2.05) is 26.8 Å². The molecule has 0 saturated carbocycles. The van der Waals surface area contributed by atoms with Crippen molar-refractivity contribution in [2.24, 2.45) is 5.10 Å². The van der Waals surface area contributed by atoms with E-state index in [0.717, 1.165) is 5.56 Å². The molecule has 0 aliphatic carbocycles. The van der Waals surface area contributed by atoms with E-state index in [4.69, 9.17) is 9.68 Å². The number of nitrogens with one attached hydrogen (secondary N) is 1. The summed E-state index contributed by atoms with van der Waals surface area (Å²) in [6.07, 6.45) is 0.578. The first-order valence-electron chi connectivity index (χ1n) is 7.73. The summed E-state index contributed by atoms with van der Waals surface area (Å²) < 4.78 is 34.2. The van der Waals surface area contributed by atoms with Crippen molar-refractivity contribution in [2.75, 3.05) is 5.43 Å². The molecule has 0 aliphatic heterocycles. The van der Waals surface area contributed by atoms with Gasteiger partial charge < -0.3 is 9.15 Å². The van der Waals surface area contributed by atoms with Crippen molar-refractivity contribution in [3.63, 3.8) is 0 Å². The first-order chi connectivity index (χ1) is 11.9. The molecule has 25 heavy (non-hydrogen) atoms. The smallest absolute Gasteiger partial charge is 0.387 e. The molecule has 0 aliphatic rings.